The highest BCUT2D eigenvalue weighted by Gasteiger charge is 2.31. The Morgan fingerprint density at radius 3 is 2.61 bits per heavy atom. The first-order valence-corrected chi connectivity index (χ1v) is 9.73. The van der Waals surface area contributed by atoms with Crippen LogP contribution in [0.4, 0.5) is 5.69 Å². The van der Waals surface area contributed by atoms with E-state index in [4.69, 9.17) is 22.1 Å². The lowest BCUT2D eigenvalue weighted by atomic mass is 9.89. The first-order valence-electron chi connectivity index (χ1n) is 8.57. The zero-order chi connectivity index (χ0) is 19.7. The zero-order valence-electron chi connectivity index (χ0n) is 14.6. The quantitative estimate of drug-likeness (QED) is 0.665. The summed E-state index contributed by atoms with van der Waals surface area (Å²) in [4.78, 5) is 24.2. The van der Waals surface area contributed by atoms with Crippen LogP contribution in [0.3, 0.4) is 0 Å². The van der Waals surface area contributed by atoms with Crippen LogP contribution in [0.15, 0.2) is 48.5 Å². The fourth-order valence-corrected chi connectivity index (χ4v) is 4.25. The fraction of sp³-hybridized carbons (Fsp3) is 0.150. The first-order chi connectivity index (χ1) is 13.5. The van der Waals surface area contributed by atoms with Crippen molar-refractivity contribution in [2.45, 2.75) is 12.3 Å². The van der Waals surface area contributed by atoms with Crippen LogP contribution in [0.5, 0.6) is 5.75 Å². The molecule has 4 rings (SSSR count). The molecular weight excluding hydrogens is 398 g/mol. The van der Waals surface area contributed by atoms with Crippen LogP contribution in [-0.2, 0) is 9.59 Å². The smallest absolute Gasteiger partial charge is 0.255 e. The highest BCUT2D eigenvalue weighted by Crippen LogP contribution is 2.45. The summed E-state index contributed by atoms with van der Waals surface area (Å²) in [5, 5.41) is 3.61. The van der Waals surface area contributed by atoms with E-state index in [0.717, 1.165) is 27.4 Å². The van der Waals surface area contributed by atoms with Crippen molar-refractivity contribution in [3.8, 4) is 17.0 Å². The van der Waals surface area contributed by atoms with E-state index in [0.29, 0.717) is 17.2 Å². The number of amides is 2. The van der Waals surface area contributed by atoms with E-state index in [1.807, 2.05) is 24.3 Å². The summed E-state index contributed by atoms with van der Waals surface area (Å²) in [5.41, 5.74) is 8.47. The highest BCUT2D eigenvalue weighted by molar-refractivity contribution is 7.07. The van der Waals surface area contributed by atoms with Gasteiger partial charge in [0.1, 0.15) is 11.4 Å². The third-order valence-corrected chi connectivity index (χ3v) is 5.68. The maximum absolute atomic E-state index is 12.4. The van der Waals surface area contributed by atoms with Crippen LogP contribution >= 0.6 is 23.1 Å². The van der Waals surface area contributed by atoms with Gasteiger partial charge in [-0.2, -0.15) is 4.37 Å². The second kappa shape index (κ2) is 7.61. The summed E-state index contributed by atoms with van der Waals surface area (Å²) in [6, 6.07) is 14.7. The predicted octanol–water partition coefficient (Wildman–Crippen LogP) is 3.80. The molecule has 1 atom stereocenters. The number of nitrogens with one attached hydrogen (secondary N) is 1. The minimum Gasteiger partial charge on any atom is -0.484 e. The van der Waals surface area contributed by atoms with Gasteiger partial charge in [0.25, 0.3) is 5.91 Å². The molecule has 2 amide bonds. The van der Waals surface area contributed by atoms with Gasteiger partial charge in [0, 0.05) is 22.9 Å². The Kier molecular flexibility index (Phi) is 5.02. The van der Waals surface area contributed by atoms with Crippen molar-refractivity contribution in [3.63, 3.8) is 0 Å². The number of fused-ring (bicyclic) bond motifs is 1. The number of benzene rings is 2. The van der Waals surface area contributed by atoms with E-state index < -0.39 is 5.91 Å². The Morgan fingerprint density at radius 1 is 1.21 bits per heavy atom. The summed E-state index contributed by atoms with van der Waals surface area (Å²) < 4.78 is 9.88. The van der Waals surface area contributed by atoms with Gasteiger partial charge in [-0.15, -0.1) is 0 Å². The summed E-state index contributed by atoms with van der Waals surface area (Å²) in [6.45, 7) is -0.172. The lowest BCUT2D eigenvalue weighted by Crippen LogP contribution is -2.22. The van der Waals surface area contributed by atoms with Gasteiger partial charge < -0.3 is 15.8 Å². The van der Waals surface area contributed by atoms with E-state index in [-0.39, 0.29) is 18.4 Å². The Labute approximate surface area is 170 Å². The Bertz CT molecular complexity index is 1030. The van der Waals surface area contributed by atoms with Gasteiger partial charge >= 0.3 is 0 Å². The molecule has 0 fully saturated rings. The predicted molar refractivity (Wildman–Crippen MR) is 109 cm³/mol. The summed E-state index contributed by atoms with van der Waals surface area (Å²) in [5.74, 6) is -0.124. The van der Waals surface area contributed by atoms with Gasteiger partial charge in [-0.3, -0.25) is 9.59 Å². The number of rotatable bonds is 5. The molecule has 1 aromatic heterocycles. The number of hydrogen-bond acceptors (Lipinski definition) is 5. The number of anilines is 1. The van der Waals surface area contributed by atoms with Gasteiger partial charge in [-0.25, -0.2) is 0 Å². The highest BCUT2D eigenvalue weighted by atomic mass is 35.5. The number of carbonyl (C=O) groups excluding carboxylic acids is 2. The molecule has 2 aromatic carbocycles. The second-order valence-electron chi connectivity index (χ2n) is 6.41. The lowest BCUT2D eigenvalue weighted by molar-refractivity contribution is -0.120. The van der Waals surface area contributed by atoms with Crippen molar-refractivity contribution in [1.29, 1.82) is 0 Å². The third-order valence-electron chi connectivity index (χ3n) is 4.47. The van der Waals surface area contributed by atoms with E-state index in [2.05, 4.69) is 9.69 Å². The molecule has 0 aliphatic carbocycles. The minimum absolute atomic E-state index is 0.0537. The molecule has 0 saturated carbocycles. The molecule has 0 unspecified atom stereocenters. The molecule has 8 heteroatoms. The van der Waals surface area contributed by atoms with Crippen molar-refractivity contribution >= 4 is 40.6 Å². The van der Waals surface area contributed by atoms with Gasteiger partial charge in [0.15, 0.2) is 6.61 Å². The van der Waals surface area contributed by atoms with Gasteiger partial charge in [0.05, 0.1) is 10.6 Å². The molecule has 0 spiro atoms. The molecule has 0 bridgehead atoms. The summed E-state index contributed by atoms with van der Waals surface area (Å²) in [7, 11) is 0. The van der Waals surface area contributed by atoms with Gasteiger partial charge in [-0.05, 0) is 41.4 Å². The Morgan fingerprint density at radius 2 is 1.93 bits per heavy atom. The average molecular weight is 414 g/mol. The molecule has 28 heavy (non-hydrogen) atoms. The number of primary amides is 1. The molecule has 2 heterocycles. The summed E-state index contributed by atoms with van der Waals surface area (Å²) >= 11 is 7.36. The second-order valence-corrected chi connectivity index (χ2v) is 7.65. The van der Waals surface area contributed by atoms with Gasteiger partial charge in [0.2, 0.25) is 5.91 Å². The fourth-order valence-electron chi connectivity index (χ4n) is 3.15. The largest absolute Gasteiger partial charge is 0.484 e. The maximum atomic E-state index is 12.4. The number of hydrogen-bond donors (Lipinski definition) is 2. The standard InChI is InChI=1S/C20H16ClN3O3S/c21-13-5-1-12(2-6-13)18-19-20(28-24-18)15(9-17(26)23-19)11-3-7-14(8-4-11)27-10-16(22)25/h1-8,15H,9-10H2,(H2,22,25)(H,23,26)/t15-/m1/s1. The third kappa shape index (κ3) is 3.72. The molecule has 6 nitrogen and oxygen atoms in total. The van der Waals surface area contributed by atoms with Crippen LogP contribution in [-0.4, -0.2) is 22.8 Å². The minimum atomic E-state index is -0.531. The number of nitrogens with two attached hydrogens (primary N) is 1. The van der Waals surface area contributed by atoms with Crippen molar-refractivity contribution in [1.82, 2.24) is 4.37 Å². The zero-order valence-corrected chi connectivity index (χ0v) is 16.2. The van der Waals surface area contributed by atoms with E-state index in [1.54, 1.807) is 24.3 Å². The number of nitrogens with zero attached hydrogens (tertiary/aromatic N) is 1. The van der Waals surface area contributed by atoms with Crippen LogP contribution in [0.25, 0.3) is 11.3 Å². The van der Waals surface area contributed by atoms with Gasteiger partial charge in [-0.1, -0.05) is 35.9 Å². The SMILES string of the molecule is NC(=O)COc1ccc([C@H]2CC(=O)Nc3c(-c4ccc(Cl)cc4)nsc32)cc1. The maximum Gasteiger partial charge on any atom is 0.255 e. The van der Waals surface area contributed by atoms with Crippen LogP contribution in [0.1, 0.15) is 22.8 Å². The molecule has 3 N–H and O–H groups in total. The Hall–Kier alpha value is -2.90. The van der Waals surface area contributed by atoms with E-state index in [1.165, 1.54) is 11.5 Å². The van der Waals surface area contributed by atoms with E-state index >= 15 is 0 Å². The first kappa shape index (κ1) is 18.5. The van der Waals surface area contributed by atoms with Crippen molar-refractivity contribution in [2.75, 3.05) is 11.9 Å². The topological polar surface area (TPSA) is 94.3 Å². The van der Waals surface area contributed by atoms with Crippen LogP contribution < -0.4 is 15.8 Å². The molecule has 3 aromatic rings. The number of halogens is 1. The van der Waals surface area contributed by atoms with Crippen LogP contribution in [0.2, 0.25) is 5.02 Å². The number of aromatic nitrogens is 1. The van der Waals surface area contributed by atoms with Crippen molar-refractivity contribution in [2.24, 2.45) is 5.73 Å². The molecule has 142 valence electrons. The van der Waals surface area contributed by atoms with Crippen molar-refractivity contribution in [3.05, 3.63) is 64.0 Å². The average Bonchev–Trinajstić information content (AvgIpc) is 3.10. The van der Waals surface area contributed by atoms with E-state index in [9.17, 15) is 9.59 Å². The molecule has 0 radical (unpaired) electrons. The number of ether oxygens (including phenoxy) is 1. The monoisotopic (exact) mass is 413 g/mol. The molecule has 1 aliphatic rings. The molecule has 0 saturated heterocycles. The van der Waals surface area contributed by atoms with Crippen molar-refractivity contribution < 1.29 is 14.3 Å². The summed E-state index contributed by atoms with van der Waals surface area (Å²) in [6.07, 6.45) is 0.344. The normalized spacial score (nSPS) is 15.6. The molecule has 1 aliphatic heterocycles. The lowest BCUT2D eigenvalue weighted by Gasteiger charge is -2.23. The number of carbonyl (C=O) groups is 2. The Balaban J connectivity index is 1.65. The molecular formula is C20H16ClN3O3S. The van der Waals surface area contributed by atoms with Crippen LogP contribution in [0, 0.1) is 0 Å².